The first-order valence-electron chi connectivity index (χ1n) is 21.4. The number of hydrazine groups is 1. The van der Waals surface area contributed by atoms with E-state index in [4.69, 9.17) is 37.4 Å². The minimum atomic E-state index is -4.77. The van der Waals surface area contributed by atoms with Crippen molar-refractivity contribution in [3.8, 4) is 23.0 Å². The summed E-state index contributed by atoms with van der Waals surface area (Å²) in [5.74, 6) is -5.99. The zero-order chi connectivity index (χ0) is 48.2. The molecule has 6 unspecified atom stereocenters. The average molecular weight is 966 g/mol. The largest absolute Gasteiger partial charge is 0.504 e. The number of methoxy groups -OCH3 is 3. The predicted molar refractivity (Wildman–Crippen MR) is 249 cm³/mol. The predicted octanol–water partition coefficient (Wildman–Crippen LogP) is 10.0. The Morgan fingerprint density at radius 2 is 1.51 bits per heavy atom. The number of amides is 4. The third-order valence-electron chi connectivity index (χ3n) is 13.3. The number of phenols is 1. The third kappa shape index (κ3) is 7.82. The first-order valence-corrected chi connectivity index (χ1v) is 22.1. The fourth-order valence-electron chi connectivity index (χ4n) is 10.2. The first kappa shape index (κ1) is 46.0. The molecule has 2 aliphatic heterocycles. The van der Waals surface area contributed by atoms with Gasteiger partial charge in [-0.1, -0.05) is 89.5 Å². The van der Waals surface area contributed by atoms with Crippen LogP contribution in [-0.4, -0.2) is 60.1 Å². The summed E-state index contributed by atoms with van der Waals surface area (Å²) < 4.78 is 57.1. The molecule has 68 heavy (non-hydrogen) atoms. The minimum absolute atomic E-state index is 0.0613. The van der Waals surface area contributed by atoms with E-state index < -0.39 is 75.4 Å². The van der Waals surface area contributed by atoms with E-state index in [9.17, 15) is 27.9 Å². The maximum absolute atomic E-state index is 15.4. The number of hydrogen-bond acceptors (Lipinski definition) is 10. The molecule has 5 aromatic rings. The van der Waals surface area contributed by atoms with Crippen LogP contribution in [0, 0.1) is 29.6 Å². The lowest BCUT2D eigenvalue weighted by atomic mass is 9.50. The quantitative estimate of drug-likeness (QED) is 0.0745. The fourth-order valence-corrected chi connectivity index (χ4v) is 10.5. The number of halogens is 5. The molecule has 4 aromatic carbocycles. The van der Waals surface area contributed by atoms with Gasteiger partial charge in [0.05, 0.1) is 60.8 Å². The van der Waals surface area contributed by atoms with Crippen LogP contribution in [0.2, 0.25) is 10.0 Å². The molecular weight excluding hydrogens is 924 g/mol. The topological polar surface area (TPSA) is 148 Å². The fraction of sp³-hybridized carbons (Fsp3) is 0.235. The summed E-state index contributed by atoms with van der Waals surface area (Å²) in [6.45, 7) is 0. The molecule has 4 amide bonds. The summed E-state index contributed by atoms with van der Waals surface area (Å²) in [5.41, 5.74) is 3.28. The third-order valence-corrected chi connectivity index (χ3v) is 13.9. The number of alkyl halides is 3. The van der Waals surface area contributed by atoms with Gasteiger partial charge in [0.2, 0.25) is 11.8 Å². The highest BCUT2D eigenvalue weighted by Gasteiger charge is 2.69. The van der Waals surface area contributed by atoms with Crippen molar-refractivity contribution in [3.63, 3.8) is 0 Å². The summed E-state index contributed by atoms with van der Waals surface area (Å²) in [6, 6.07) is 24.1. The lowest BCUT2D eigenvalue weighted by Crippen LogP contribution is -2.54. The molecule has 1 aromatic heterocycles. The number of ether oxygens (including phenoxy) is 3. The second-order valence-corrected chi connectivity index (χ2v) is 17.6. The van der Waals surface area contributed by atoms with Crippen molar-refractivity contribution < 1.29 is 51.7 Å². The van der Waals surface area contributed by atoms with Crippen molar-refractivity contribution in [2.45, 2.75) is 24.4 Å². The van der Waals surface area contributed by atoms with Crippen LogP contribution in [0.1, 0.15) is 40.7 Å². The van der Waals surface area contributed by atoms with Crippen molar-refractivity contribution in [2.75, 3.05) is 31.7 Å². The molecule has 348 valence electrons. The first-order chi connectivity index (χ1) is 32.6. The van der Waals surface area contributed by atoms with Crippen LogP contribution in [0.25, 0.3) is 18.2 Å². The number of hydrogen-bond donors (Lipinski definition) is 2. The Morgan fingerprint density at radius 3 is 2.19 bits per heavy atom. The van der Waals surface area contributed by atoms with E-state index in [1.165, 1.54) is 18.1 Å². The smallest absolute Gasteiger partial charge is 0.417 e. The van der Waals surface area contributed by atoms with Gasteiger partial charge in [-0.05, 0) is 96.1 Å². The van der Waals surface area contributed by atoms with Gasteiger partial charge in [0.15, 0.2) is 17.3 Å². The Labute approximate surface area is 398 Å². The molecule has 6 atom stereocenters. The number of aromatic nitrogens is 1. The summed E-state index contributed by atoms with van der Waals surface area (Å²) in [7, 11) is 4.54. The van der Waals surface area contributed by atoms with Crippen molar-refractivity contribution in [1.29, 1.82) is 0 Å². The summed E-state index contributed by atoms with van der Waals surface area (Å²) >= 11 is 12.7. The SMILES string of the molecule is COc1ccc(OC)c(C=Cc2ccc(N3C(=O)C4CC=C5C(CC6C(=O)N(Nc7ncc(C(F)(F)F)cc7Cl)C(=O)C6(c6ccc(Cl)cc6)C5C=Cc5ccc(O)c(OC)c5)C4C3=O)cc2)c1. The number of anilines is 2. The van der Waals surface area contributed by atoms with E-state index in [1.54, 1.807) is 99.2 Å². The second-order valence-electron chi connectivity index (χ2n) is 16.8. The molecule has 2 saturated heterocycles. The Morgan fingerprint density at radius 1 is 0.794 bits per heavy atom. The van der Waals surface area contributed by atoms with Crippen LogP contribution < -0.4 is 24.5 Å². The van der Waals surface area contributed by atoms with Crippen molar-refractivity contribution in [3.05, 3.63) is 153 Å². The van der Waals surface area contributed by atoms with Crippen LogP contribution in [0.3, 0.4) is 0 Å². The number of nitrogens with zero attached hydrogens (tertiary/aromatic N) is 3. The zero-order valence-corrected chi connectivity index (χ0v) is 38.0. The molecule has 3 fully saturated rings. The van der Waals surface area contributed by atoms with Crippen LogP contribution in [0.4, 0.5) is 24.7 Å². The highest BCUT2D eigenvalue weighted by molar-refractivity contribution is 6.33. The van der Waals surface area contributed by atoms with Crippen LogP contribution in [0.15, 0.2) is 115 Å². The van der Waals surface area contributed by atoms with Gasteiger partial charge in [-0.2, -0.15) is 18.2 Å². The Bertz CT molecular complexity index is 2960. The van der Waals surface area contributed by atoms with E-state index in [1.807, 2.05) is 24.3 Å². The van der Waals surface area contributed by atoms with E-state index in [-0.39, 0.29) is 30.2 Å². The Kier molecular flexibility index (Phi) is 12.1. The number of nitrogens with one attached hydrogen (secondary N) is 1. The number of phenolic OH excluding ortho intramolecular Hbond substituents is 1. The number of benzene rings is 4. The number of pyridine rings is 1. The van der Waals surface area contributed by atoms with E-state index in [0.29, 0.717) is 51.2 Å². The lowest BCUT2D eigenvalue weighted by Gasteiger charge is -2.49. The van der Waals surface area contributed by atoms with Gasteiger partial charge in [0.1, 0.15) is 11.5 Å². The summed E-state index contributed by atoms with van der Waals surface area (Å²) in [6.07, 6.45) is 4.93. The molecule has 17 heteroatoms. The monoisotopic (exact) mass is 964 g/mol. The van der Waals surface area contributed by atoms with Gasteiger partial charge >= 0.3 is 6.18 Å². The lowest BCUT2D eigenvalue weighted by molar-refractivity contribution is -0.139. The molecule has 9 rings (SSSR count). The standard InChI is InChI=1S/C51H41Cl2F3N4O8/c1-66-34-16-21-42(67-2)29(23-34)9-4-27-5-14-33(15-6-27)59-46(62)36-18-17-35-37(44(36)48(59)64)25-39-47(63)60(58-45-40(53)24-31(26-57-45)51(54,55)56)49(65)50(39,30-10-12-32(52)13-11-30)38(35)19-7-28-8-20-41(61)43(22-28)68-3/h4-17,19-24,26,36-39,44,61H,18,25H2,1-3H3,(H,57,58). The molecule has 2 N–H and O–H groups in total. The van der Waals surface area contributed by atoms with Crippen molar-refractivity contribution >= 4 is 76.6 Å². The normalized spacial score (nSPS) is 23.5. The van der Waals surface area contributed by atoms with Gasteiger partial charge in [0, 0.05) is 22.7 Å². The second kappa shape index (κ2) is 17.8. The molecule has 12 nitrogen and oxygen atoms in total. The van der Waals surface area contributed by atoms with Gasteiger partial charge in [0.25, 0.3) is 11.8 Å². The van der Waals surface area contributed by atoms with Gasteiger partial charge in [-0.15, -0.1) is 0 Å². The number of carbonyl (C=O) groups is 4. The number of carbonyl (C=O) groups excluding carboxylic acids is 4. The maximum Gasteiger partial charge on any atom is 0.417 e. The number of allylic oxidation sites excluding steroid dienone is 3. The maximum atomic E-state index is 15.4. The number of aromatic hydroxyl groups is 1. The average Bonchev–Trinajstić information content (AvgIpc) is 3.71. The molecule has 0 radical (unpaired) electrons. The highest BCUT2D eigenvalue weighted by atomic mass is 35.5. The Balaban J connectivity index is 1.11. The van der Waals surface area contributed by atoms with E-state index in [2.05, 4.69) is 10.4 Å². The summed E-state index contributed by atoms with van der Waals surface area (Å²) in [5, 5.41) is 11.0. The molecular formula is C51H41Cl2F3N4O8. The molecule has 0 bridgehead atoms. The number of fused-ring (bicyclic) bond motifs is 4. The van der Waals surface area contributed by atoms with Crippen molar-refractivity contribution in [2.24, 2.45) is 29.6 Å². The molecule has 0 spiro atoms. The van der Waals surface area contributed by atoms with Gasteiger partial charge < -0.3 is 19.3 Å². The number of rotatable bonds is 11. The van der Waals surface area contributed by atoms with Gasteiger partial charge in [-0.3, -0.25) is 29.5 Å². The van der Waals surface area contributed by atoms with Gasteiger partial charge in [-0.25, -0.2) is 4.98 Å². The Hall–Kier alpha value is -7.10. The molecule has 2 aliphatic carbocycles. The summed E-state index contributed by atoms with van der Waals surface area (Å²) in [4.78, 5) is 64.8. The van der Waals surface area contributed by atoms with Crippen LogP contribution >= 0.6 is 23.2 Å². The van der Waals surface area contributed by atoms with Crippen molar-refractivity contribution in [1.82, 2.24) is 9.99 Å². The van der Waals surface area contributed by atoms with Crippen LogP contribution in [-0.2, 0) is 30.8 Å². The minimum Gasteiger partial charge on any atom is -0.504 e. The number of imide groups is 2. The van der Waals surface area contributed by atoms with Crippen LogP contribution in [0.5, 0.6) is 23.0 Å². The molecule has 4 aliphatic rings. The zero-order valence-electron chi connectivity index (χ0n) is 36.5. The highest BCUT2D eigenvalue weighted by Crippen LogP contribution is 2.62. The molecule has 3 heterocycles. The van der Waals surface area contributed by atoms with E-state index >= 15 is 9.59 Å². The van der Waals surface area contributed by atoms with E-state index in [0.717, 1.165) is 16.1 Å². The molecule has 1 saturated carbocycles.